The van der Waals surface area contributed by atoms with Crippen LogP contribution in [0.5, 0.6) is 0 Å². The molecule has 1 heterocycles. The third-order valence-electron chi connectivity index (χ3n) is 4.40. The first-order valence-corrected chi connectivity index (χ1v) is 7.36. The molecule has 2 rings (SSSR count). The van der Waals surface area contributed by atoms with Crippen LogP contribution in [0.1, 0.15) is 45.4 Å². The van der Waals surface area contributed by atoms with E-state index >= 15 is 0 Å². The second-order valence-corrected chi connectivity index (χ2v) is 5.93. The van der Waals surface area contributed by atoms with Crippen LogP contribution < -0.4 is 10.6 Å². The molecule has 1 saturated heterocycles. The van der Waals surface area contributed by atoms with Crippen molar-refractivity contribution in [1.29, 1.82) is 0 Å². The molecule has 0 aromatic rings. The summed E-state index contributed by atoms with van der Waals surface area (Å²) in [7, 11) is 0. The molecule has 2 unspecified atom stereocenters. The molecule has 104 valence electrons. The molecule has 4 atom stereocenters. The van der Waals surface area contributed by atoms with Crippen LogP contribution in [0.3, 0.4) is 0 Å². The highest BCUT2D eigenvalue weighted by Gasteiger charge is 2.27. The van der Waals surface area contributed by atoms with E-state index < -0.39 is 0 Å². The van der Waals surface area contributed by atoms with Crippen molar-refractivity contribution in [3.8, 4) is 0 Å². The van der Waals surface area contributed by atoms with Crippen LogP contribution >= 0.6 is 0 Å². The van der Waals surface area contributed by atoms with Crippen molar-refractivity contribution in [2.45, 2.75) is 57.6 Å². The lowest BCUT2D eigenvalue weighted by Gasteiger charge is -2.30. The predicted octanol–water partition coefficient (Wildman–Crippen LogP) is 1.04. The Morgan fingerprint density at radius 3 is 2.83 bits per heavy atom. The first-order chi connectivity index (χ1) is 8.66. The zero-order valence-electron chi connectivity index (χ0n) is 11.3. The van der Waals surface area contributed by atoms with E-state index in [2.05, 4.69) is 17.6 Å². The largest absolute Gasteiger partial charge is 0.393 e. The third kappa shape index (κ3) is 3.69. The Labute approximate surface area is 110 Å². The minimum Gasteiger partial charge on any atom is -0.393 e. The maximum absolute atomic E-state index is 12.1. The minimum absolute atomic E-state index is 0.155. The number of rotatable bonds is 3. The van der Waals surface area contributed by atoms with E-state index in [-0.39, 0.29) is 23.8 Å². The topological polar surface area (TPSA) is 61.4 Å². The fraction of sp³-hybridized carbons (Fsp3) is 0.929. The van der Waals surface area contributed by atoms with Gasteiger partial charge in [0.1, 0.15) is 0 Å². The van der Waals surface area contributed by atoms with Gasteiger partial charge in [0.2, 0.25) is 5.91 Å². The molecule has 1 saturated carbocycles. The summed E-state index contributed by atoms with van der Waals surface area (Å²) in [6.45, 7) is 3.72. The average molecular weight is 254 g/mol. The Kier molecular flexibility index (Phi) is 5.01. The van der Waals surface area contributed by atoms with Crippen LogP contribution in [-0.4, -0.2) is 36.2 Å². The van der Waals surface area contributed by atoms with Crippen LogP contribution in [0, 0.1) is 11.8 Å². The highest BCUT2D eigenvalue weighted by atomic mass is 16.3. The monoisotopic (exact) mass is 254 g/mol. The Morgan fingerprint density at radius 1 is 1.33 bits per heavy atom. The lowest BCUT2D eigenvalue weighted by atomic mass is 9.86. The van der Waals surface area contributed by atoms with Gasteiger partial charge in [-0.05, 0) is 39.2 Å². The van der Waals surface area contributed by atoms with Crippen LogP contribution in [-0.2, 0) is 4.79 Å². The smallest absolute Gasteiger partial charge is 0.223 e. The maximum Gasteiger partial charge on any atom is 0.223 e. The molecule has 1 aliphatic carbocycles. The molecule has 2 fully saturated rings. The lowest BCUT2D eigenvalue weighted by Crippen LogP contribution is -2.44. The Bertz CT molecular complexity index is 283. The van der Waals surface area contributed by atoms with Gasteiger partial charge in [-0.2, -0.15) is 0 Å². The Balaban J connectivity index is 1.73. The highest BCUT2D eigenvalue weighted by Crippen LogP contribution is 2.24. The van der Waals surface area contributed by atoms with Gasteiger partial charge in [-0.15, -0.1) is 0 Å². The number of hydrogen-bond donors (Lipinski definition) is 3. The van der Waals surface area contributed by atoms with Crippen molar-refractivity contribution in [2.75, 3.05) is 13.1 Å². The lowest BCUT2D eigenvalue weighted by molar-refractivity contribution is -0.126. The summed E-state index contributed by atoms with van der Waals surface area (Å²) in [6.07, 6.45) is 5.89. The molecule has 4 nitrogen and oxygen atoms in total. The fourth-order valence-electron chi connectivity index (χ4n) is 3.17. The van der Waals surface area contributed by atoms with E-state index in [1.54, 1.807) is 0 Å². The summed E-state index contributed by atoms with van der Waals surface area (Å²) in [4.78, 5) is 12.1. The standard InChI is InChI=1S/C14H26N2O2/c1-10-8-11(6-7-15-10)14(18)16-9-12-4-2-3-5-13(12)17/h10-13,15,17H,2-9H2,1H3,(H,16,18)/t10-,11-,12?,13?/m0/s1. The van der Waals surface area contributed by atoms with Gasteiger partial charge in [0.05, 0.1) is 6.10 Å². The highest BCUT2D eigenvalue weighted by molar-refractivity contribution is 5.78. The summed E-state index contributed by atoms with van der Waals surface area (Å²) in [5, 5.41) is 16.3. The van der Waals surface area contributed by atoms with E-state index in [4.69, 9.17) is 0 Å². The van der Waals surface area contributed by atoms with Gasteiger partial charge in [0.25, 0.3) is 0 Å². The van der Waals surface area contributed by atoms with Crippen LogP contribution in [0.25, 0.3) is 0 Å². The van der Waals surface area contributed by atoms with Crippen LogP contribution in [0.4, 0.5) is 0 Å². The number of hydrogen-bond acceptors (Lipinski definition) is 3. The number of aliphatic hydroxyl groups excluding tert-OH is 1. The van der Waals surface area contributed by atoms with Crippen molar-refractivity contribution in [3.05, 3.63) is 0 Å². The number of aliphatic hydroxyl groups is 1. The van der Waals surface area contributed by atoms with Gasteiger partial charge in [-0.25, -0.2) is 0 Å². The van der Waals surface area contributed by atoms with Crippen molar-refractivity contribution < 1.29 is 9.90 Å². The molecule has 0 bridgehead atoms. The first-order valence-electron chi connectivity index (χ1n) is 7.36. The Morgan fingerprint density at radius 2 is 2.11 bits per heavy atom. The quantitative estimate of drug-likeness (QED) is 0.705. The zero-order chi connectivity index (χ0) is 13.0. The number of piperidine rings is 1. The van der Waals surface area contributed by atoms with Gasteiger partial charge in [-0.1, -0.05) is 12.8 Å². The average Bonchev–Trinajstić information content (AvgIpc) is 2.37. The van der Waals surface area contributed by atoms with Crippen LogP contribution in [0.15, 0.2) is 0 Å². The molecule has 0 spiro atoms. The summed E-state index contributed by atoms with van der Waals surface area (Å²) in [5.41, 5.74) is 0. The molecule has 1 aliphatic heterocycles. The normalized spacial score (nSPS) is 37.2. The molecular formula is C14H26N2O2. The van der Waals surface area contributed by atoms with Gasteiger partial charge < -0.3 is 15.7 Å². The predicted molar refractivity (Wildman–Crippen MR) is 71.2 cm³/mol. The first kappa shape index (κ1) is 13.8. The second kappa shape index (κ2) is 6.53. The summed E-state index contributed by atoms with van der Waals surface area (Å²) < 4.78 is 0. The van der Waals surface area contributed by atoms with Crippen molar-refractivity contribution in [3.63, 3.8) is 0 Å². The zero-order valence-corrected chi connectivity index (χ0v) is 11.3. The maximum atomic E-state index is 12.1. The minimum atomic E-state index is -0.217. The van der Waals surface area contributed by atoms with Gasteiger partial charge in [-0.3, -0.25) is 4.79 Å². The molecule has 1 amide bonds. The molecule has 0 radical (unpaired) electrons. The van der Waals surface area contributed by atoms with E-state index in [1.807, 2.05) is 0 Å². The number of amides is 1. The molecule has 2 aliphatic rings. The van der Waals surface area contributed by atoms with Crippen LogP contribution in [0.2, 0.25) is 0 Å². The molecule has 0 aromatic carbocycles. The molecule has 4 heteroatoms. The molecule has 18 heavy (non-hydrogen) atoms. The number of carbonyl (C=O) groups excluding carboxylic acids is 1. The molecular weight excluding hydrogens is 228 g/mol. The number of carbonyl (C=O) groups is 1. The van der Waals surface area contributed by atoms with Crippen molar-refractivity contribution >= 4 is 5.91 Å². The fourth-order valence-corrected chi connectivity index (χ4v) is 3.17. The second-order valence-electron chi connectivity index (χ2n) is 5.93. The van der Waals surface area contributed by atoms with Gasteiger partial charge in [0, 0.05) is 24.4 Å². The number of nitrogens with one attached hydrogen (secondary N) is 2. The van der Waals surface area contributed by atoms with E-state index in [1.165, 1.54) is 6.42 Å². The summed E-state index contributed by atoms with van der Waals surface area (Å²) in [6, 6.07) is 0.440. The van der Waals surface area contributed by atoms with E-state index in [9.17, 15) is 9.90 Å². The van der Waals surface area contributed by atoms with Gasteiger partial charge in [0.15, 0.2) is 0 Å². The SMILES string of the molecule is C[C@H]1C[C@@H](C(=O)NCC2CCCCC2O)CCN1. The van der Waals surface area contributed by atoms with Crippen molar-refractivity contribution in [2.24, 2.45) is 11.8 Å². The summed E-state index contributed by atoms with van der Waals surface area (Å²) in [5.74, 6) is 0.602. The summed E-state index contributed by atoms with van der Waals surface area (Å²) >= 11 is 0. The van der Waals surface area contributed by atoms with E-state index in [0.29, 0.717) is 12.6 Å². The molecule has 0 aromatic heterocycles. The Hall–Kier alpha value is -0.610. The van der Waals surface area contributed by atoms with Crippen molar-refractivity contribution in [1.82, 2.24) is 10.6 Å². The molecule has 3 N–H and O–H groups in total. The third-order valence-corrected chi connectivity index (χ3v) is 4.40. The van der Waals surface area contributed by atoms with Gasteiger partial charge >= 0.3 is 0 Å². The van der Waals surface area contributed by atoms with E-state index in [0.717, 1.165) is 38.6 Å².